The Morgan fingerprint density at radius 1 is 1.25 bits per heavy atom. The normalized spacial score (nSPS) is 10.7. The first-order valence-electron chi connectivity index (χ1n) is 5.87. The summed E-state index contributed by atoms with van der Waals surface area (Å²) in [5.41, 5.74) is 0.188. The molecule has 0 saturated carbocycles. The van der Waals surface area contributed by atoms with Crippen LogP contribution in [0.2, 0.25) is 0 Å². The highest BCUT2D eigenvalue weighted by Crippen LogP contribution is 2.22. The second kappa shape index (κ2) is 4.73. The molecule has 0 spiro atoms. The monoisotopic (exact) mass is 271 g/mol. The third-order valence-electron chi connectivity index (χ3n) is 2.93. The molecule has 20 heavy (non-hydrogen) atoms. The molecule has 0 saturated heterocycles. The summed E-state index contributed by atoms with van der Waals surface area (Å²) >= 11 is 0. The van der Waals surface area contributed by atoms with Crippen molar-refractivity contribution in [2.45, 2.75) is 0 Å². The van der Waals surface area contributed by atoms with Gasteiger partial charge in [-0.3, -0.25) is 9.78 Å². The Balaban J connectivity index is 2.32. The Kier molecular flexibility index (Phi) is 2.90. The van der Waals surface area contributed by atoms with Crippen molar-refractivity contribution in [2.75, 3.05) is 7.11 Å². The number of pyridine rings is 1. The van der Waals surface area contributed by atoms with E-state index < -0.39 is 11.4 Å². The number of aromatic nitrogens is 3. The summed E-state index contributed by atoms with van der Waals surface area (Å²) in [5, 5.41) is 0.294. The summed E-state index contributed by atoms with van der Waals surface area (Å²) in [5.74, 6) is 0.0397. The quantitative estimate of drug-likeness (QED) is 0.775. The summed E-state index contributed by atoms with van der Waals surface area (Å²) in [6.07, 6.45) is 2.87. The maximum atomic E-state index is 13.8. The summed E-state index contributed by atoms with van der Waals surface area (Å²) in [6, 6.07) is 6.10. The molecule has 0 aliphatic rings. The number of hydrogen-bond donors (Lipinski definition) is 1. The topological polar surface area (TPSA) is 67.9 Å². The highest BCUT2D eigenvalue weighted by Gasteiger charge is 2.12. The van der Waals surface area contributed by atoms with Crippen molar-refractivity contribution in [3.05, 3.63) is 52.8 Å². The Hall–Kier alpha value is -2.76. The fraction of sp³-hybridized carbons (Fsp3) is 0.0714. The van der Waals surface area contributed by atoms with E-state index in [4.69, 9.17) is 4.74 Å². The number of methoxy groups -OCH3 is 1. The second-order valence-corrected chi connectivity index (χ2v) is 4.13. The molecule has 0 atom stereocenters. The van der Waals surface area contributed by atoms with E-state index in [0.717, 1.165) is 0 Å². The first-order valence-corrected chi connectivity index (χ1v) is 5.87. The molecule has 5 nitrogen and oxygen atoms in total. The van der Waals surface area contributed by atoms with Crippen LogP contribution in [0.15, 0.2) is 41.5 Å². The number of aromatic amines is 1. The molecule has 2 aromatic heterocycles. The van der Waals surface area contributed by atoms with Crippen LogP contribution < -0.4 is 10.3 Å². The van der Waals surface area contributed by atoms with Crippen LogP contribution in [0.4, 0.5) is 4.39 Å². The van der Waals surface area contributed by atoms with E-state index >= 15 is 0 Å². The lowest BCUT2D eigenvalue weighted by Gasteiger charge is -2.06. The van der Waals surface area contributed by atoms with Gasteiger partial charge in [-0.2, -0.15) is 0 Å². The van der Waals surface area contributed by atoms with E-state index in [1.54, 1.807) is 18.2 Å². The molecule has 0 radical (unpaired) electrons. The molecule has 0 unspecified atom stereocenters. The van der Waals surface area contributed by atoms with E-state index in [9.17, 15) is 9.18 Å². The van der Waals surface area contributed by atoms with Crippen LogP contribution in [-0.4, -0.2) is 22.1 Å². The lowest BCUT2D eigenvalue weighted by Crippen LogP contribution is -2.11. The summed E-state index contributed by atoms with van der Waals surface area (Å²) in [6.45, 7) is 0. The molecule has 0 amide bonds. The minimum atomic E-state index is -0.453. The van der Waals surface area contributed by atoms with Crippen LogP contribution in [0, 0.1) is 5.82 Å². The third-order valence-corrected chi connectivity index (χ3v) is 2.93. The molecule has 0 fully saturated rings. The van der Waals surface area contributed by atoms with Gasteiger partial charge in [0.25, 0.3) is 5.56 Å². The second-order valence-electron chi connectivity index (χ2n) is 4.13. The van der Waals surface area contributed by atoms with Gasteiger partial charge in [0.05, 0.1) is 25.1 Å². The van der Waals surface area contributed by atoms with Crippen LogP contribution in [0.25, 0.3) is 22.3 Å². The zero-order chi connectivity index (χ0) is 14.1. The predicted molar refractivity (Wildman–Crippen MR) is 72.1 cm³/mol. The number of nitrogens with one attached hydrogen (secondary N) is 1. The highest BCUT2D eigenvalue weighted by atomic mass is 19.1. The molecule has 1 aromatic carbocycles. The van der Waals surface area contributed by atoms with Crippen molar-refractivity contribution in [2.24, 2.45) is 0 Å². The number of nitrogens with zero attached hydrogens (tertiary/aromatic N) is 2. The van der Waals surface area contributed by atoms with Crippen molar-refractivity contribution in [1.82, 2.24) is 15.0 Å². The lowest BCUT2D eigenvalue weighted by atomic mass is 10.2. The van der Waals surface area contributed by atoms with Gasteiger partial charge in [0.15, 0.2) is 5.75 Å². The summed E-state index contributed by atoms with van der Waals surface area (Å²) in [7, 11) is 1.45. The minimum Gasteiger partial charge on any atom is -0.494 e. The average molecular weight is 271 g/mol. The molecule has 2 heterocycles. The Bertz CT molecular complexity index is 845. The number of ether oxygens (including phenoxy) is 1. The predicted octanol–water partition coefficient (Wildman–Crippen LogP) is 2.13. The summed E-state index contributed by atoms with van der Waals surface area (Å²) in [4.78, 5) is 22.9. The van der Waals surface area contributed by atoms with Crippen LogP contribution in [0.1, 0.15) is 0 Å². The fourth-order valence-electron chi connectivity index (χ4n) is 2.00. The Morgan fingerprint density at radius 2 is 2.05 bits per heavy atom. The third kappa shape index (κ3) is 1.91. The number of fused-ring (bicyclic) bond motifs is 1. The molecule has 3 aromatic rings. The first-order chi connectivity index (χ1) is 9.70. The zero-order valence-electron chi connectivity index (χ0n) is 10.6. The molecule has 1 N–H and O–H groups in total. The van der Waals surface area contributed by atoms with E-state index in [1.807, 2.05) is 0 Å². The van der Waals surface area contributed by atoms with Crippen LogP contribution in [-0.2, 0) is 0 Å². The molecule has 6 heteroatoms. The fourth-order valence-corrected chi connectivity index (χ4v) is 2.00. The van der Waals surface area contributed by atoms with E-state index in [0.29, 0.717) is 16.7 Å². The number of hydrogen-bond acceptors (Lipinski definition) is 4. The number of benzene rings is 1. The maximum absolute atomic E-state index is 13.8. The van der Waals surface area contributed by atoms with Crippen LogP contribution in [0.3, 0.4) is 0 Å². The van der Waals surface area contributed by atoms with Gasteiger partial charge in [-0.25, -0.2) is 9.37 Å². The van der Waals surface area contributed by atoms with Gasteiger partial charge in [0, 0.05) is 0 Å². The Morgan fingerprint density at radius 3 is 2.80 bits per heavy atom. The van der Waals surface area contributed by atoms with Crippen molar-refractivity contribution in [3.63, 3.8) is 0 Å². The molecular weight excluding hydrogens is 261 g/mol. The molecule has 0 aliphatic carbocycles. The van der Waals surface area contributed by atoms with Gasteiger partial charge in [-0.05, 0) is 12.1 Å². The first kappa shape index (κ1) is 12.3. The number of H-pyrrole nitrogens is 1. The highest BCUT2D eigenvalue weighted by molar-refractivity contribution is 5.84. The smallest absolute Gasteiger partial charge is 0.262 e. The van der Waals surface area contributed by atoms with Crippen LogP contribution >= 0.6 is 0 Å². The average Bonchev–Trinajstić information content (AvgIpc) is 2.46. The van der Waals surface area contributed by atoms with Crippen molar-refractivity contribution in [1.29, 1.82) is 0 Å². The van der Waals surface area contributed by atoms with Gasteiger partial charge >= 0.3 is 0 Å². The molecular formula is C14H10FN3O2. The molecule has 0 bridgehead atoms. The van der Waals surface area contributed by atoms with E-state index in [1.165, 1.54) is 25.6 Å². The van der Waals surface area contributed by atoms with Crippen LogP contribution in [0.5, 0.6) is 5.75 Å². The molecule has 3 rings (SSSR count). The lowest BCUT2D eigenvalue weighted by molar-refractivity contribution is 0.417. The molecule has 100 valence electrons. The minimum absolute atomic E-state index is 0.163. The zero-order valence-corrected chi connectivity index (χ0v) is 10.6. The van der Waals surface area contributed by atoms with Crippen molar-refractivity contribution in [3.8, 4) is 17.1 Å². The SMILES string of the molecule is COc1cncc2nc(-c3ccccc3F)[nH]c(=O)c12. The van der Waals surface area contributed by atoms with Gasteiger partial charge in [-0.15, -0.1) is 0 Å². The largest absolute Gasteiger partial charge is 0.494 e. The van der Waals surface area contributed by atoms with E-state index in [2.05, 4.69) is 15.0 Å². The van der Waals surface area contributed by atoms with Gasteiger partial charge in [0.1, 0.15) is 22.5 Å². The maximum Gasteiger partial charge on any atom is 0.262 e. The van der Waals surface area contributed by atoms with E-state index in [-0.39, 0.29) is 11.4 Å². The van der Waals surface area contributed by atoms with Gasteiger partial charge in [-0.1, -0.05) is 12.1 Å². The number of rotatable bonds is 2. The number of halogens is 1. The van der Waals surface area contributed by atoms with Gasteiger partial charge < -0.3 is 9.72 Å². The van der Waals surface area contributed by atoms with Crippen molar-refractivity contribution >= 4 is 10.9 Å². The van der Waals surface area contributed by atoms with Crippen molar-refractivity contribution < 1.29 is 9.13 Å². The molecule has 0 aliphatic heterocycles. The Labute approximate surface area is 113 Å². The standard InChI is InChI=1S/C14H10FN3O2/c1-20-11-7-16-6-10-12(11)14(19)18-13(17-10)8-4-2-3-5-9(8)15/h2-7H,1H3,(H,17,18,19). The summed E-state index contributed by atoms with van der Waals surface area (Å²) < 4.78 is 18.8. The van der Waals surface area contributed by atoms with Gasteiger partial charge in [0.2, 0.25) is 0 Å².